The van der Waals surface area contributed by atoms with E-state index in [0.717, 1.165) is 24.9 Å². The Bertz CT molecular complexity index is 617. The standard InChI is InChI=1S/C20H29N3O2/c1-13(2)10-18(24)22-19(14-6-4-3-5-7-14)20(25)23-11-15-8-9-17(21)16(15)12-23/h3-7,13,15-17,19H,8-12,21H2,1-2H3,(H,22,24). The van der Waals surface area contributed by atoms with Crippen LogP contribution in [0.5, 0.6) is 0 Å². The second-order valence-corrected chi connectivity index (χ2v) is 7.92. The van der Waals surface area contributed by atoms with Crippen LogP contribution < -0.4 is 11.1 Å². The number of hydrogen-bond donors (Lipinski definition) is 2. The Hall–Kier alpha value is -1.88. The van der Waals surface area contributed by atoms with E-state index in [1.165, 1.54) is 0 Å². The first-order valence-corrected chi connectivity index (χ1v) is 9.34. The van der Waals surface area contributed by atoms with Gasteiger partial charge in [-0.15, -0.1) is 0 Å². The molecule has 2 amide bonds. The molecule has 4 unspecified atom stereocenters. The summed E-state index contributed by atoms with van der Waals surface area (Å²) in [6.07, 6.45) is 2.59. The van der Waals surface area contributed by atoms with E-state index in [1.807, 2.05) is 49.1 Å². The van der Waals surface area contributed by atoms with Crippen LogP contribution in [0.4, 0.5) is 0 Å². The number of carbonyl (C=O) groups is 2. The SMILES string of the molecule is CC(C)CC(=O)NC(C(=O)N1CC2CCC(N)C2C1)c1ccccc1. The predicted molar refractivity (Wildman–Crippen MR) is 97.6 cm³/mol. The maximum absolute atomic E-state index is 13.2. The molecule has 1 heterocycles. The van der Waals surface area contributed by atoms with Crippen molar-refractivity contribution in [3.05, 3.63) is 35.9 Å². The van der Waals surface area contributed by atoms with E-state index < -0.39 is 6.04 Å². The van der Waals surface area contributed by atoms with Gasteiger partial charge in [0.2, 0.25) is 11.8 Å². The third-order valence-electron chi connectivity index (χ3n) is 5.50. The van der Waals surface area contributed by atoms with Crippen LogP contribution in [0, 0.1) is 17.8 Å². The third kappa shape index (κ3) is 4.03. The van der Waals surface area contributed by atoms with Crippen molar-refractivity contribution in [2.75, 3.05) is 13.1 Å². The molecule has 0 spiro atoms. The first-order chi connectivity index (χ1) is 12.0. The molecule has 1 aliphatic heterocycles. The number of hydrogen-bond acceptors (Lipinski definition) is 3. The van der Waals surface area contributed by atoms with Crippen LogP contribution in [-0.4, -0.2) is 35.8 Å². The summed E-state index contributed by atoms with van der Waals surface area (Å²) in [5.41, 5.74) is 7.04. The Morgan fingerprint density at radius 1 is 1.20 bits per heavy atom. The molecular formula is C20H29N3O2. The zero-order chi connectivity index (χ0) is 18.0. The van der Waals surface area contributed by atoms with Crippen molar-refractivity contribution in [2.45, 2.75) is 45.2 Å². The summed E-state index contributed by atoms with van der Waals surface area (Å²) >= 11 is 0. The van der Waals surface area contributed by atoms with Gasteiger partial charge in [0.15, 0.2) is 0 Å². The molecule has 2 fully saturated rings. The smallest absolute Gasteiger partial charge is 0.249 e. The van der Waals surface area contributed by atoms with Crippen LogP contribution in [0.1, 0.15) is 44.7 Å². The van der Waals surface area contributed by atoms with Crippen molar-refractivity contribution >= 4 is 11.8 Å². The minimum Gasteiger partial charge on any atom is -0.341 e. The molecule has 1 aromatic carbocycles. The first kappa shape index (κ1) is 17.9. The minimum absolute atomic E-state index is 0.00935. The lowest BCUT2D eigenvalue weighted by molar-refractivity contribution is -0.136. The van der Waals surface area contributed by atoms with Crippen LogP contribution in [0.15, 0.2) is 30.3 Å². The highest BCUT2D eigenvalue weighted by atomic mass is 16.2. The molecule has 1 aromatic rings. The van der Waals surface area contributed by atoms with E-state index in [1.54, 1.807) is 0 Å². The van der Waals surface area contributed by atoms with Gasteiger partial charge in [0.1, 0.15) is 6.04 Å². The van der Waals surface area contributed by atoms with E-state index in [2.05, 4.69) is 5.32 Å². The number of nitrogens with zero attached hydrogens (tertiary/aromatic N) is 1. The molecule has 0 aromatic heterocycles. The van der Waals surface area contributed by atoms with Crippen molar-refractivity contribution in [1.82, 2.24) is 10.2 Å². The molecular weight excluding hydrogens is 314 g/mol. The van der Waals surface area contributed by atoms with Gasteiger partial charge in [0.25, 0.3) is 0 Å². The van der Waals surface area contributed by atoms with Gasteiger partial charge in [-0.2, -0.15) is 0 Å². The number of rotatable bonds is 5. The zero-order valence-corrected chi connectivity index (χ0v) is 15.2. The Kier molecular flexibility index (Phi) is 5.42. The van der Waals surface area contributed by atoms with E-state index in [0.29, 0.717) is 24.8 Å². The Balaban J connectivity index is 1.75. The number of nitrogens with two attached hydrogens (primary N) is 1. The fourth-order valence-corrected chi connectivity index (χ4v) is 4.19. The number of fused-ring (bicyclic) bond motifs is 1. The third-order valence-corrected chi connectivity index (χ3v) is 5.50. The monoisotopic (exact) mass is 343 g/mol. The lowest BCUT2D eigenvalue weighted by atomic mass is 9.98. The van der Waals surface area contributed by atoms with Crippen molar-refractivity contribution < 1.29 is 9.59 Å². The van der Waals surface area contributed by atoms with Gasteiger partial charge < -0.3 is 16.0 Å². The Morgan fingerprint density at radius 2 is 1.92 bits per heavy atom. The minimum atomic E-state index is -0.609. The summed E-state index contributed by atoms with van der Waals surface area (Å²) in [5, 5.41) is 2.96. The number of benzene rings is 1. The number of carbonyl (C=O) groups excluding carboxylic acids is 2. The van der Waals surface area contributed by atoms with Crippen LogP contribution in [0.2, 0.25) is 0 Å². The molecule has 5 nitrogen and oxygen atoms in total. The molecule has 1 aliphatic carbocycles. The molecule has 5 heteroatoms. The second kappa shape index (κ2) is 7.56. The molecule has 3 N–H and O–H groups in total. The molecule has 2 aliphatic rings. The molecule has 1 saturated heterocycles. The van der Waals surface area contributed by atoms with E-state index in [4.69, 9.17) is 5.73 Å². The van der Waals surface area contributed by atoms with Gasteiger partial charge in [-0.1, -0.05) is 44.2 Å². The van der Waals surface area contributed by atoms with Crippen molar-refractivity contribution in [2.24, 2.45) is 23.5 Å². The summed E-state index contributed by atoms with van der Waals surface area (Å²) in [5.74, 6) is 1.10. The van der Waals surface area contributed by atoms with E-state index >= 15 is 0 Å². The predicted octanol–water partition coefficient (Wildman–Crippen LogP) is 2.09. The van der Waals surface area contributed by atoms with Gasteiger partial charge in [-0.05, 0) is 36.2 Å². The number of amides is 2. The lowest BCUT2D eigenvalue weighted by Crippen LogP contribution is -2.43. The highest BCUT2D eigenvalue weighted by Gasteiger charge is 2.44. The second-order valence-electron chi connectivity index (χ2n) is 7.92. The molecule has 0 bridgehead atoms. The normalized spacial score (nSPS) is 26.6. The molecule has 136 valence electrons. The average Bonchev–Trinajstić information content (AvgIpc) is 3.15. The molecule has 1 saturated carbocycles. The van der Waals surface area contributed by atoms with Gasteiger partial charge in [-0.25, -0.2) is 0 Å². The van der Waals surface area contributed by atoms with Crippen molar-refractivity contribution in [3.8, 4) is 0 Å². The van der Waals surface area contributed by atoms with E-state index in [-0.39, 0.29) is 23.8 Å². The summed E-state index contributed by atoms with van der Waals surface area (Å²) in [7, 11) is 0. The van der Waals surface area contributed by atoms with Gasteiger partial charge in [0.05, 0.1) is 0 Å². The van der Waals surface area contributed by atoms with Crippen molar-refractivity contribution in [3.63, 3.8) is 0 Å². The summed E-state index contributed by atoms with van der Waals surface area (Å²) in [4.78, 5) is 27.4. The Labute approximate surface area is 150 Å². The highest BCUT2D eigenvalue weighted by Crippen LogP contribution is 2.38. The molecule has 4 atom stereocenters. The van der Waals surface area contributed by atoms with Crippen molar-refractivity contribution in [1.29, 1.82) is 0 Å². The van der Waals surface area contributed by atoms with Crippen LogP contribution in [-0.2, 0) is 9.59 Å². The molecule has 0 radical (unpaired) electrons. The highest BCUT2D eigenvalue weighted by molar-refractivity contribution is 5.89. The van der Waals surface area contributed by atoms with Gasteiger partial charge >= 0.3 is 0 Å². The van der Waals surface area contributed by atoms with Crippen LogP contribution in [0.3, 0.4) is 0 Å². The average molecular weight is 343 g/mol. The lowest BCUT2D eigenvalue weighted by Gasteiger charge is -2.26. The maximum atomic E-state index is 13.2. The fraction of sp³-hybridized carbons (Fsp3) is 0.600. The first-order valence-electron chi connectivity index (χ1n) is 9.34. The zero-order valence-electron chi connectivity index (χ0n) is 15.2. The fourth-order valence-electron chi connectivity index (χ4n) is 4.19. The largest absolute Gasteiger partial charge is 0.341 e. The maximum Gasteiger partial charge on any atom is 0.249 e. The number of nitrogens with one attached hydrogen (secondary N) is 1. The molecule has 3 rings (SSSR count). The summed E-state index contributed by atoms with van der Waals surface area (Å²) in [6.45, 7) is 5.48. The van der Waals surface area contributed by atoms with Gasteiger partial charge in [0, 0.05) is 25.6 Å². The summed E-state index contributed by atoms with van der Waals surface area (Å²) in [6, 6.07) is 9.12. The summed E-state index contributed by atoms with van der Waals surface area (Å²) < 4.78 is 0. The van der Waals surface area contributed by atoms with Crippen LogP contribution in [0.25, 0.3) is 0 Å². The van der Waals surface area contributed by atoms with E-state index in [9.17, 15) is 9.59 Å². The number of likely N-dealkylation sites (tertiary alicyclic amines) is 1. The Morgan fingerprint density at radius 3 is 2.56 bits per heavy atom. The van der Waals surface area contributed by atoms with Gasteiger partial charge in [-0.3, -0.25) is 9.59 Å². The quantitative estimate of drug-likeness (QED) is 0.859. The topological polar surface area (TPSA) is 75.4 Å². The van der Waals surface area contributed by atoms with Crippen LogP contribution >= 0.6 is 0 Å². The molecule has 25 heavy (non-hydrogen) atoms.